The summed E-state index contributed by atoms with van der Waals surface area (Å²) in [6.45, 7) is 1.07. The molecule has 0 aromatic heterocycles. The zero-order valence-corrected chi connectivity index (χ0v) is 17.3. The van der Waals surface area contributed by atoms with Gasteiger partial charge in [-0.15, -0.1) is 0 Å². The van der Waals surface area contributed by atoms with Gasteiger partial charge in [0.05, 0.1) is 7.11 Å². The van der Waals surface area contributed by atoms with Crippen molar-refractivity contribution in [2.24, 2.45) is 0 Å². The molecule has 0 radical (unpaired) electrons. The molecule has 1 aromatic rings. The number of amides is 2. The number of carbonyl (C=O) groups is 2. The van der Waals surface area contributed by atoms with Crippen LogP contribution in [0.2, 0.25) is 0 Å². The first-order valence-corrected chi connectivity index (χ1v) is 10.7. The summed E-state index contributed by atoms with van der Waals surface area (Å²) in [7, 11) is 1.57. The van der Waals surface area contributed by atoms with Gasteiger partial charge in [0.1, 0.15) is 0 Å². The van der Waals surface area contributed by atoms with Crippen LogP contribution in [-0.2, 0) is 9.59 Å². The number of methoxy groups -OCH3 is 1. The molecule has 6 nitrogen and oxygen atoms in total. The zero-order chi connectivity index (χ0) is 20.5. The Morgan fingerprint density at radius 1 is 1.17 bits per heavy atom. The number of carbonyl (C=O) groups excluding carboxylic acids is 2. The molecule has 158 valence electrons. The van der Waals surface area contributed by atoms with Gasteiger partial charge in [-0.3, -0.25) is 9.59 Å². The van der Waals surface area contributed by atoms with Gasteiger partial charge in [-0.25, -0.2) is 0 Å². The fourth-order valence-corrected chi connectivity index (χ4v) is 3.66. The monoisotopic (exact) mass is 400 g/mol. The molecule has 29 heavy (non-hydrogen) atoms. The predicted molar refractivity (Wildman–Crippen MR) is 112 cm³/mol. The summed E-state index contributed by atoms with van der Waals surface area (Å²) in [5.74, 6) is 1.07. The van der Waals surface area contributed by atoms with Gasteiger partial charge in [-0.05, 0) is 57.1 Å². The van der Waals surface area contributed by atoms with Gasteiger partial charge < -0.3 is 19.7 Å². The molecule has 0 heterocycles. The number of rotatable bonds is 11. The fraction of sp³-hybridized carbons (Fsp3) is 0.565. The van der Waals surface area contributed by atoms with E-state index in [-0.39, 0.29) is 24.5 Å². The van der Waals surface area contributed by atoms with Crippen molar-refractivity contribution in [2.45, 2.75) is 57.4 Å². The minimum absolute atomic E-state index is 0.00510. The number of ether oxygens (including phenoxy) is 2. The van der Waals surface area contributed by atoms with E-state index in [1.165, 1.54) is 24.8 Å². The number of hydrogen-bond acceptors (Lipinski definition) is 4. The van der Waals surface area contributed by atoms with E-state index in [1.807, 2.05) is 12.1 Å². The fourth-order valence-electron chi connectivity index (χ4n) is 3.66. The third kappa shape index (κ3) is 6.80. The number of benzene rings is 1. The smallest absolute Gasteiger partial charge is 0.260 e. The van der Waals surface area contributed by atoms with Gasteiger partial charge in [0, 0.05) is 25.6 Å². The SMILES string of the molecule is COc1ccccc1OCC(=O)N(CCC(=O)NCCC1=CCCCC1)C1CC1. The molecule has 2 amide bonds. The van der Waals surface area contributed by atoms with Crippen LogP contribution in [0.25, 0.3) is 0 Å². The molecule has 0 aliphatic heterocycles. The lowest BCUT2D eigenvalue weighted by Crippen LogP contribution is -2.39. The number of para-hydroxylation sites is 2. The summed E-state index contributed by atoms with van der Waals surface area (Å²) in [5, 5.41) is 2.99. The molecule has 6 heteroatoms. The Kier molecular flexibility index (Phi) is 7.96. The molecule has 1 saturated carbocycles. The van der Waals surface area contributed by atoms with Crippen molar-refractivity contribution in [3.63, 3.8) is 0 Å². The van der Waals surface area contributed by atoms with E-state index in [9.17, 15) is 9.59 Å². The Labute approximate surface area is 173 Å². The maximum atomic E-state index is 12.7. The topological polar surface area (TPSA) is 67.9 Å². The van der Waals surface area contributed by atoms with Crippen LogP contribution in [0.15, 0.2) is 35.9 Å². The predicted octanol–water partition coefficient (Wildman–Crippen LogP) is 3.46. The lowest BCUT2D eigenvalue weighted by Gasteiger charge is -2.22. The highest BCUT2D eigenvalue weighted by molar-refractivity contribution is 5.80. The molecular weight excluding hydrogens is 368 g/mol. The van der Waals surface area contributed by atoms with E-state index in [2.05, 4.69) is 11.4 Å². The van der Waals surface area contributed by atoms with Gasteiger partial charge in [0.15, 0.2) is 18.1 Å². The highest BCUT2D eigenvalue weighted by Gasteiger charge is 2.32. The summed E-state index contributed by atoms with van der Waals surface area (Å²) >= 11 is 0. The third-order valence-electron chi connectivity index (χ3n) is 5.46. The standard InChI is InChI=1S/C23H32N2O4/c1-28-20-9-5-6-10-21(20)29-17-23(27)25(19-11-12-19)16-14-22(26)24-15-13-18-7-3-2-4-8-18/h5-7,9-10,19H,2-4,8,11-17H2,1H3,(H,24,26). The van der Waals surface area contributed by atoms with Crippen molar-refractivity contribution in [1.29, 1.82) is 0 Å². The zero-order valence-electron chi connectivity index (χ0n) is 17.3. The van der Waals surface area contributed by atoms with Gasteiger partial charge in [-0.2, -0.15) is 0 Å². The minimum Gasteiger partial charge on any atom is -0.493 e. The Morgan fingerprint density at radius 2 is 1.97 bits per heavy atom. The van der Waals surface area contributed by atoms with E-state index < -0.39 is 0 Å². The van der Waals surface area contributed by atoms with Crippen LogP contribution in [-0.4, -0.2) is 49.6 Å². The third-order valence-corrected chi connectivity index (χ3v) is 5.46. The highest BCUT2D eigenvalue weighted by Crippen LogP contribution is 2.28. The first kappa shape index (κ1) is 21.2. The number of nitrogens with one attached hydrogen (secondary N) is 1. The highest BCUT2D eigenvalue weighted by atomic mass is 16.5. The second-order valence-corrected chi connectivity index (χ2v) is 7.72. The van der Waals surface area contributed by atoms with E-state index in [1.54, 1.807) is 24.1 Å². The first-order valence-electron chi connectivity index (χ1n) is 10.7. The van der Waals surface area contributed by atoms with Gasteiger partial charge in [0.2, 0.25) is 5.91 Å². The van der Waals surface area contributed by atoms with E-state index in [4.69, 9.17) is 9.47 Å². The first-order chi connectivity index (χ1) is 14.2. The molecule has 0 bridgehead atoms. The second-order valence-electron chi connectivity index (χ2n) is 7.72. The minimum atomic E-state index is -0.0847. The van der Waals surface area contributed by atoms with E-state index >= 15 is 0 Å². The van der Waals surface area contributed by atoms with Gasteiger partial charge in [0.25, 0.3) is 5.91 Å². The molecule has 1 fully saturated rings. The second kappa shape index (κ2) is 10.9. The van der Waals surface area contributed by atoms with E-state index in [0.717, 1.165) is 25.7 Å². The molecule has 2 aliphatic carbocycles. The largest absolute Gasteiger partial charge is 0.493 e. The van der Waals surface area contributed by atoms with Crippen molar-refractivity contribution in [1.82, 2.24) is 10.2 Å². The summed E-state index contributed by atoms with van der Waals surface area (Å²) in [5.41, 5.74) is 1.46. The Hall–Kier alpha value is -2.50. The molecule has 0 atom stereocenters. The van der Waals surface area contributed by atoms with Crippen LogP contribution in [0, 0.1) is 0 Å². The Morgan fingerprint density at radius 3 is 2.66 bits per heavy atom. The molecule has 0 saturated heterocycles. The van der Waals surface area contributed by atoms with Crippen LogP contribution >= 0.6 is 0 Å². The molecule has 2 aliphatic rings. The van der Waals surface area contributed by atoms with Crippen molar-refractivity contribution in [3.8, 4) is 11.5 Å². The van der Waals surface area contributed by atoms with Crippen LogP contribution in [0.3, 0.4) is 0 Å². The number of nitrogens with zero attached hydrogens (tertiary/aromatic N) is 1. The van der Waals surface area contributed by atoms with Gasteiger partial charge >= 0.3 is 0 Å². The van der Waals surface area contributed by atoms with Crippen LogP contribution in [0.5, 0.6) is 11.5 Å². The quantitative estimate of drug-likeness (QED) is 0.578. The van der Waals surface area contributed by atoms with Crippen molar-refractivity contribution in [3.05, 3.63) is 35.9 Å². The van der Waals surface area contributed by atoms with Crippen LogP contribution < -0.4 is 14.8 Å². The maximum Gasteiger partial charge on any atom is 0.260 e. The van der Waals surface area contributed by atoms with Crippen LogP contribution in [0.4, 0.5) is 0 Å². The summed E-state index contributed by atoms with van der Waals surface area (Å²) < 4.78 is 10.9. The maximum absolute atomic E-state index is 12.7. The Balaban J connectivity index is 1.40. The summed E-state index contributed by atoms with van der Waals surface area (Å²) in [4.78, 5) is 26.6. The van der Waals surface area contributed by atoms with E-state index in [0.29, 0.717) is 31.0 Å². The van der Waals surface area contributed by atoms with Crippen LogP contribution in [0.1, 0.15) is 51.4 Å². The molecule has 1 N–H and O–H groups in total. The molecular formula is C23H32N2O4. The molecule has 0 unspecified atom stereocenters. The van der Waals surface area contributed by atoms with Crippen molar-refractivity contribution >= 4 is 11.8 Å². The van der Waals surface area contributed by atoms with Crippen molar-refractivity contribution in [2.75, 3.05) is 26.8 Å². The average Bonchev–Trinajstić information content (AvgIpc) is 3.58. The summed E-state index contributed by atoms with van der Waals surface area (Å²) in [6, 6.07) is 7.51. The van der Waals surface area contributed by atoms with Crippen molar-refractivity contribution < 1.29 is 19.1 Å². The molecule has 1 aromatic carbocycles. The normalized spacial score (nSPS) is 16.0. The Bertz CT molecular complexity index is 727. The summed E-state index contributed by atoms with van der Waals surface area (Å²) in [6.07, 6.45) is 10.4. The molecule has 0 spiro atoms. The number of hydrogen-bond donors (Lipinski definition) is 1. The molecule has 3 rings (SSSR count). The van der Waals surface area contributed by atoms with Gasteiger partial charge in [-0.1, -0.05) is 23.8 Å². The number of allylic oxidation sites excluding steroid dienone is 1. The lowest BCUT2D eigenvalue weighted by atomic mass is 9.97. The lowest BCUT2D eigenvalue weighted by molar-refractivity contribution is -0.134. The average molecular weight is 401 g/mol.